The fourth-order valence-corrected chi connectivity index (χ4v) is 7.02. The van der Waals surface area contributed by atoms with Gasteiger partial charge in [-0.25, -0.2) is 0 Å². The molecule has 25 heteroatoms. The zero-order valence-electron chi connectivity index (χ0n) is 31.5. The van der Waals surface area contributed by atoms with E-state index in [9.17, 15) is 97.0 Å². The Bertz CT molecular complexity index is 929. The maximum atomic E-state index is 9.98. The smallest absolute Gasteiger partial charge is 0.115 e. The Morgan fingerprint density at radius 1 is 0.224 bits per heavy atom. The van der Waals surface area contributed by atoms with Gasteiger partial charge in [-0.1, -0.05) is 6.92 Å². The minimum Gasteiger partial charge on any atom is -0.390 e. The standard InChI is InChI=1S/C17H32O12.C16H30O13/c1-6-7(18)8(19)10(21)13(24)16(6)28-4-2-27-3-5-29-17-14(25)11(22)9(20)12(23)15(17)26;17-5-7(19)11(23)15(12(24)8(5)20)28-3-1-27-2-4-29-16-13(25)9(21)6(18)10(22)14(16)26/h6-26H,2-5H2,1H3;5-26H,1-4H2/t6-,7-,8+,9?,10-,11-,12+,13+,14+,15-,16-,17?;5?,6?,7-,8+,9-,10+,11+,12-,13+,14-,15?,16?/m1./s1. The molecule has 4 aliphatic rings. The van der Waals surface area contributed by atoms with E-state index in [1.165, 1.54) is 0 Å². The fraction of sp³-hybridized carbons (Fsp3) is 1.00. The molecule has 344 valence electrons. The van der Waals surface area contributed by atoms with Gasteiger partial charge >= 0.3 is 0 Å². The Balaban J connectivity index is 0.000000310. The SMILES string of the molecule is C[C@@H]1[C@@H](O)[C@H](O)[C@@H](O)[C@H](O)[C@@H]1OCCOCCOC1[C@@H](O)[C@H](O)C(O)[C@H](O)[C@H]1O.OC1[C@@H](O)[C@H](O)C(OCCOCCOC2[C@@H](O)[C@H](O)C(O)[C@H](O)[C@H]2O)[C@H](O)[C@H]1O. The summed E-state index contributed by atoms with van der Waals surface area (Å²) in [5.41, 5.74) is 0. The van der Waals surface area contributed by atoms with E-state index in [0.29, 0.717) is 0 Å². The summed E-state index contributed by atoms with van der Waals surface area (Å²) < 4.78 is 31.5. The molecular weight excluding hydrogens is 796 g/mol. The van der Waals surface area contributed by atoms with Crippen LogP contribution in [0.15, 0.2) is 0 Å². The molecule has 4 saturated carbocycles. The second-order valence-electron chi connectivity index (χ2n) is 14.7. The van der Waals surface area contributed by atoms with Crippen molar-refractivity contribution in [2.45, 2.75) is 147 Å². The van der Waals surface area contributed by atoms with Crippen molar-refractivity contribution in [3.8, 4) is 0 Å². The zero-order valence-corrected chi connectivity index (χ0v) is 31.5. The van der Waals surface area contributed by atoms with Crippen molar-refractivity contribution in [2.75, 3.05) is 52.9 Å². The average molecular weight is 859 g/mol. The van der Waals surface area contributed by atoms with Gasteiger partial charge in [-0.15, -0.1) is 0 Å². The van der Waals surface area contributed by atoms with Crippen molar-refractivity contribution in [1.29, 1.82) is 0 Å². The Hall–Kier alpha value is -1.00. The van der Waals surface area contributed by atoms with E-state index in [0.717, 1.165) is 0 Å². The second kappa shape index (κ2) is 23.4. The largest absolute Gasteiger partial charge is 0.390 e. The van der Waals surface area contributed by atoms with Crippen LogP contribution in [0.5, 0.6) is 0 Å². The van der Waals surface area contributed by atoms with Crippen molar-refractivity contribution < 1.29 is 125 Å². The summed E-state index contributed by atoms with van der Waals surface area (Å²) in [6.07, 6.45) is -35.3. The minimum absolute atomic E-state index is 0.0138. The Morgan fingerprint density at radius 3 is 0.638 bits per heavy atom. The highest BCUT2D eigenvalue weighted by atomic mass is 16.6. The third kappa shape index (κ3) is 12.1. The predicted octanol–water partition coefficient (Wildman–Crippen LogP) is -11.9. The van der Waals surface area contributed by atoms with Gasteiger partial charge in [0.05, 0.1) is 65.1 Å². The first-order valence-corrected chi connectivity index (χ1v) is 18.7. The quantitative estimate of drug-likeness (QED) is 0.0641. The molecule has 0 aromatic rings. The summed E-state index contributed by atoms with van der Waals surface area (Å²) in [6.45, 7) is 1.18. The first-order chi connectivity index (χ1) is 27.2. The topological polar surface area (TPSA) is 440 Å². The molecule has 0 aromatic heterocycles. The van der Waals surface area contributed by atoms with Gasteiger partial charge in [0.15, 0.2) is 0 Å². The summed E-state index contributed by atoms with van der Waals surface area (Å²) in [4.78, 5) is 0. The van der Waals surface area contributed by atoms with E-state index >= 15 is 0 Å². The molecule has 24 atom stereocenters. The summed E-state index contributed by atoms with van der Waals surface area (Å²) >= 11 is 0. The van der Waals surface area contributed by atoms with Crippen LogP contribution in [0.25, 0.3) is 0 Å². The van der Waals surface area contributed by atoms with Crippen LogP contribution < -0.4 is 0 Å². The average Bonchev–Trinajstić information content (AvgIpc) is 3.21. The third-order valence-electron chi connectivity index (χ3n) is 10.8. The lowest BCUT2D eigenvalue weighted by atomic mass is 9.79. The van der Waals surface area contributed by atoms with Gasteiger partial charge in [0.2, 0.25) is 0 Å². The predicted molar refractivity (Wildman–Crippen MR) is 184 cm³/mol. The van der Waals surface area contributed by atoms with Crippen LogP contribution in [0, 0.1) is 5.92 Å². The highest BCUT2D eigenvalue weighted by Crippen LogP contribution is 2.29. The van der Waals surface area contributed by atoms with Crippen molar-refractivity contribution in [1.82, 2.24) is 0 Å². The summed E-state index contributed by atoms with van der Waals surface area (Å²) in [7, 11) is 0. The van der Waals surface area contributed by atoms with E-state index in [1.54, 1.807) is 6.92 Å². The summed E-state index contributed by atoms with van der Waals surface area (Å²) in [5, 5.41) is 184. The molecule has 25 nitrogen and oxygen atoms in total. The molecule has 0 amide bonds. The molecule has 0 spiro atoms. The number of aliphatic hydroxyl groups excluding tert-OH is 19. The van der Waals surface area contributed by atoms with Crippen LogP contribution in [0.2, 0.25) is 0 Å². The second-order valence-corrected chi connectivity index (χ2v) is 14.7. The van der Waals surface area contributed by atoms with Gasteiger partial charge in [0.25, 0.3) is 0 Å². The van der Waals surface area contributed by atoms with E-state index in [-0.39, 0.29) is 52.9 Å². The first-order valence-electron chi connectivity index (χ1n) is 18.7. The summed E-state index contributed by atoms with van der Waals surface area (Å²) in [6, 6.07) is 0. The molecule has 0 radical (unpaired) electrons. The Kier molecular flexibility index (Phi) is 20.8. The lowest BCUT2D eigenvalue weighted by Gasteiger charge is -2.42. The molecule has 58 heavy (non-hydrogen) atoms. The minimum atomic E-state index is -1.71. The lowest BCUT2D eigenvalue weighted by molar-refractivity contribution is -0.240. The van der Waals surface area contributed by atoms with Gasteiger partial charge < -0.3 is 125 Å². The molecule has 0 bridgehead atoms. The molecule has 0 aliphatic heterocycles. The Morgan fingerprint density at radius 2 is 0.397 bits per heavy atom. The van der Waals surface area contributed by atoms with E-state index in [4.69, 9.17) is 28.4 Å². The monoisotopic (exact) mass is 858 g/mol. The number of aliphatic hydroxyl groups is 19. The molecule has 0 saturated heterocycles. The normalized spacial score (nSPS) is 48.6. The zero-order chi connectivity index (χ0) is 43.8. The van der Waals surface area contributed by atoms with E-state index in [2.05, 4.69) is 0 Å². The van der Waals surface area contributed by atoms with Gasteiger partial charge in [0, 0.05) is 5.92 Å². The highest BCUT2D eigenvalue weighted by Gasteiger charge is 2.51. The number of rotatable bonds is 16. The van der Waals surface area contributed by atoms with Gasteiger partial charge in [-0.2, -0.15) is 0 Å². The molecule has 4 fully saturated rings. The molecule has 19 N–H and O–H groups in total. The van der Waals surface area contributed by atoms with Gasteiger partial charge in [-0.05, 0) is 0 Å². The molecule has 4 rings (SSSR count). The van der Waals surface area contributed by atoms with Gasteiger partial charge in [-0.3, -0.25) is 0 Å². The number of hydrogen-bond donors (Lipinski definition) is 19. The van der Waals surface area contributed by atoms with Crippen molar-refractivity contribution >= 4 is 0 Å². The van der Waals surface area contributed by atoms with Crippen LogP contribution in [0.1, 0.15) is 6.92 Å². The van der Waals surface area contributed by atoms with Crippen molar-refractivity contribution in [2.24, 2.45) is 5.92 Å². The highest BCUT2D eigenvalue weighted by molar-refractivity contribution is 5.01. The lowest BCUT2D eigenvalue weighted by Crippen LogP contribution is -2.64. The fourth-order valence-electron chi connectivity index (χ4n) is 7.02. The van der Waals surface area contributed by atoms with Crippen molar-refractivity contribution in [3.63, 3.8) is 0 Å². The Labute approximate surface area is 331 Å². The van der Waals surface area contributed by atoms with Crippen LogP contribution in [0.3, 0.4) is 0 Å². The molecule has 0 aromatic carbocycles. The van der Waals surface area contributed by atoms with Crippen LogP contribution >= 0.6 is 0 Å². The van der Waals surface area contributed by atoms with Crippen LogP contribution in [-0.4, -0.2) is 290 Å². The van der Waals surface area contributed by atoms with Crippen LogP contribution in [0.4, 0.5) is 0 Å². The number of ether oxygens (including phenoxy) is 6. The molecule has 0 heterocycles. The molecule has 6 unspecified atom stereocenters. The third-order valence-corrected chi connectivity index (χ3v) is 10.8. The maximum absolute atomic E-state index is 9.98. The molecular formula is C33H62O25. The van der Waals surface area contributed by atoms with E-state index < -0.39 is 146 Å². The number of hydrogen-bond acceptors (Lipinski definition) is 25. The maximum Gasteiger partial charge on any atom is 0.115 e. The van der Waals surface area contributed by atoms with Gasteiger partial charge in [0.1, 0.15) is 128 Å². The summed E-state index contributed by atoms with van der Waals surface area (Å²) in [5.74, 6) is -0.616. The van der Waals surface area contributed by atoms with E-state index in [1.807, 2.05) is 0 Å². The van der Waals surface area contributed by atoms with Crippen molar-refractivity contribution in [3.05, 3.63) is 0 Å². The molecule has 4 aliphatic carbocycles. The first kappa shape index (κ1) is 51.4. The van der Waals surface area contributed by atoms with Crippen LogP contribution in [-0.2, 0) is 28.4 Å².